The number of ether oxygens (including phenoxy) is 2. The van der Waals surface area contributed by atoms with E-state index in [1.807, 2.05) is 30.3 Å². The summed E-state index contributed by atoms with van der Waals surface area (Å²) in [6.45, 7) is -0.0197. The van der Waals surface area contributed by atoms with Crippen molar-refractivity contribution in [3.8, 4) is 17.2 Å². The van der Waals surface area contributed by atoms with Crippen molar-refractivity contribution in [1.82, 2.24) is 9.88 Å². The van der Waals surface area contributed by atoms with E-state index in [-0.39, 0.29) is 18.3 Å². The number of hydrogen-bond acceptors (Lipinski definition) is 7. The molecule has 0 N–H and O–H groups in total. The molecule has 0 bridgehead atoms. The third-order valence-corrected chi connectivity index (χ3v) is 5.26. The van der Waals surface area contributed by atoms with Crippen LogP contribution in [0.1, 0.15) is 16.1 Å². The van der Waals surface area contributed by atoms with Crippen molar-refractivity contribution in [2.24, 2.45) is 0 Å². The number of benzene rings is 2. The van der Waals surface area contributed by atoms with Gasteiger partial charge in [0.05, 0.1) is 18.4 Å². The zero-order chi connectivity index (χ0) is 21.5. The van der Waals surface area contributed by atoms with Gasteiger partial charge in [-0.15, -0.1) is 11.8 Å². The van der Waals surface area contributed by atoms with Crippen LogP contribution in [0.4, 0.5) is 0 Å². The predicted molar refractivity (Wildman–Crippen MR) is 113 cm³/mol. The van der Waals surface area contributed by atoms with E-state index in [2.05, 4.69) is 4.98 Å². The summed E-state index contributed by atoms with van der Waals surface area (Å²) < 4.78 is 16.0. The number of thioether (sulfide) groups is 1. The highest BCUT2D eigenvalue weighted by Gasteiger charge is 2.16. The SMILES string of the molecule is COc1ccc(-c2nc(COC(=O)c3ccccc3SCC(=O)N(C)C)co2)cc1. The number of hydrogen-bond donors (Lipinski definition) is 0. The van der Waals surface area contributed by atoms with E-state index in [9.17, 15) is 9.59 Å². The van der Waals surface area contributed by atoms with Crippen LogP contribution in [0.2, 0.25) is 0 Å². The number of aromatic nitrogens is 1. The van der Waals surface area contributed by atoms with E-state index in [4.69, 9.17) is 13.9 Å². The molecule has 0 unspecified atom stereocenters. The number of oxazole rings is 1. The van der Waals surface area contributed by atoms with E-state index in [1.165, 1.54) is 22.9 Å². The van der Waals surface area contributed by atoms with E-state index >= 15 is 0 Å². The first-order valence-electron chi connectivity index (χ1n) is 9.16. The molecule has 3 rings (SSSR count). The number of amides is 1. The zero-order valence-corrected chi connectivity index (χ0v) is 17.8. The molecule has 2 aromatic carbocycles. The highest BCUT2D eigenvalue weighted by Crippen LogP contribution is 2.25. The van der Waals surface area contributed by atoms with E-state index in [1.54, 1.807) is 39.4 Å². The summed E-state index contributed by atoms with van der Waals surface area (Å²) in [4.78, 5) is 31.0. The highest BCUT2D eigenvalue weighted by molar-refractivity contribution is 8.00. The van der Waals surface area contributed by atoms with Crippen molar-refractivity contribution in [3.05, 3.63) is 66.1 Å². The molecule has 0 aliphatic rings. The molecule has 1 heterocycles. The molecule has 30 heavy (non-hydrogen) atoms. The van der Waals surface area contributed by atoms with Gasteiger partial charge in [-0.3, -0.25) is 4.79 Å². The molecule has 0 spiro atoms. The maximum atomic E-state index is 12.6. The Balaban J connectivity index is 1.62. The molecule has 1 amide bonds. The molecule has 0 radical (unpaired) electrons. The first-order chi connectivity index (χ1) is 14.5. The Morgan fingerprint density at radius 3 is 2.53 bits per heavy atom. The zero-order valence-electron chi connectivity index (χ0n) is 17.0. The third kappa shape index (κ3) is 5.42. The fourth-order valence-electron chi connectivity index (χ4n) is 2.49. The molecule has 8 heteroatoms. The second-order valence-electron chi connectivity index (χ2n) is 6.52. The van der Waals surface area contributed by atoms with Crippen LogP contribution in [-0.2, 0) is 16.1 Å². The molecule has 1 aromatic heterocycles. The summed E-state index contributed by atoms with van der Waals surface area (Å²) in [5.74, 6) is 0.901. The van der Waals surface area contributed by atoms with Gasteiger partial charge in [0.25, 0.3) is 0 Å². The lowest BCUT2D eigenvalue weighted by atomic mass is 10.2. The quantitative estimate of drug-likeness (QED) is 0.399. The lowest BCUT2D eigenvalue weighted by Crippen LogP contribution is -2.23. The van der Waals surface area contributed by atoms with Gasteiger partial charge >= 0.3 is 5.97 Å². The minimum Gasteiger partial charge on any atom is -0.497 e. The highest BCUT2D eigenvalue weighted by atomic mass is 32.2. The van der Waals surface area contributed by atoms with E-state index in [0.29, 0.717) is 22.0 Å². The number of carbonyl (C=O) groups is 2. The fourth-order valence-corrected chi connectivity index (χ4v) is 3.51. The maximum absolute atomic E-state index is 12.6. The molecule has 0 atom stereocenters. The van der Waals surface area contributed by atoms with E-state index in [0.717, 1.165) is 11.3 Å². The Kier molecular flexibility index (Phi) is 7.13. The normalized spacial score (nSPS) is 10.5. The topological polar surface area (TPSA) is 81.9 Å². The van der Waals surface area contributed by atoms with Gasteiger partial charge in [0, 0.05) is 24.6 Å². The van der Waals surface area contributed by atoms with Crippen LogP contribution in [0.25, 0.3) is 11.5 Å². The first kappa shape index (κ1) is 21.4. The number of nitrogens with zero attached hydrogens (tertiary/aromatic N) is 2. The van der Waals surface area contributed by atoms with Crippen molar-refractivity contribution >= 4 is 23.6 Å². The van der Waals surface area contributed by atoms with Crippen LogP contribution >= 0.6 is 11.8 Å². The van der Waals surface area contributed by atoms with Crippen LogP contribution in [-0.4, -0.2) is 48.7 Å². The molecule has 7 nitrogen and oxygen atoms in total. The monoisotopic (exact) mass is 426 g/mol. The van der Waals surface area contributed by atoms with Gasteiger partial charge < -0.3 is 18.8 Å². The molecular weight excluding hydrogens is 404 g/mol. The Labute approximate surface area is 179 Å². The second-order valence-corrected chi connectivity index (χ2v) is 7.54. The van der Waals surface area contributed by atoms with Gasteiger partial charge in [0.15, 0.2) is 0 Å². The number of carbonyl (C=O) groups excluding carboxylic acids is 2. The van der Waals surface area contributed by atoms with Gasteiger partial charge in [-0.25, -0.2) is 9.78 Å². The van der Waals surface area contributed by atoms with Crippen LogP contribution < -0.4 is 4.74 Å². The van der Waals surface area contributed by atoms with Crippen LogP contribution in [0.5, 0.6) is 5.75 Å². The average Bonchev–Trinajstić information content (AvgIpc) is 3.25. The molecule has 156 valence electrons. The summed E-state index contributed by atoms with van der Waals surface area (Å²) in [5.41, 5.74) is 1.70. The molecule has 0 aliphatic heterocycles. The predicted octanol–water partition coefficient (Wildman–Crippen LogP) is 3.89. The lowest BCUT2D eigenvalue weighted by Gasteiger charge is -2.11. The summed E-state index contributed by atoms with van der Waals surface area (Å²) in [6.07, 6.45) is 1.46. The minimum absolute atomic E-state index is 0.0197. The van der Waals surface area contributed by atoms with Gasteiger partial charge in [-0.05, 0) is 36.4 Å². The van der Waals surface area contributed by atoms with Crippen LogP contribution in [0.3, 0.4) is 0 Å². The standard InChI is InChI=1S/C22H22N2O5S/c1-24(2)20(25)14-30-19-7-5-4-6-18(19)22(26)29-13-16-12-28-21(23-16)15-8-10-17(27-3)11-9-15/h4-12H,13-14H2,1-3H3. The van der Waals surface area contributed by atoms with Gasteiger partial charge in [0.2, 0.25) is 11.8 Å². The largest absolute Gasteiger partial charge is 0.497 e. The van der Waals surface area contributed by atoms with Crippen LogP contribution in [0.15, 0.2) is 64.1 Å². The number of methoxy groups -OCH3 is 1. The maximum Gasteiger partial charge on any atom is 0.339 e. The Bertz CT molecular complexity index is 1010. The number of esters is 1. The van der Waals surface area contributed by atoms with Gasteiger partial charge in [-0.2, -0.15) is 0 Å². The Morgan fingerprint density at radius 1 is 1.10 bits per heavy atom. The van der Waals surface area contributed by atoms with Crippen molar-refractivity contribution in [3.63, 3.8) is 0 Å². The van der Waals surface area contributed by atoms with E-state index < -0.39 is 5.97 Å². The number of rotatable bonds is 8. The molecular formula is C22H22N2O5S. The average molecular weight is 426 g/mol. The second kappa shape index (κ2) is 9.98. The molecule has 3 aromatic rings. The van der Waals surface area contributed by atoms with Crippen molar-refractivity contribution < 1.29 is 23.5 Å². The summed E-state index contributed by atoms with van der Waals surface area (Å²) >= 11 is 1.30. The van der Waals surface area contributed by atoms with Gasteiger partial charge in [0.1, 0.15) is 24.3 Å². The molecule has 0 aliphatic carbocycles. The Morgan fingerprint density at radius 2 is 1.83 bits per heavy atom. The first-order valence-corrected chi connectivity index (χ1v) is 10.1. The lowest BCUT2D eigenvalue weighted by molar-refractivity contribution is -0.125. The summed E-state index contributed by atoms with van der Waals surface area (Å²) in [6, 6.07) is 14.3. The summed E-state index contributed by atoms with van der Waals surface area (Å²) in [7, 11) is 4.99. The van der Waals surface area contributed by atoms with Crippen molar-refractivity contribution in [1.29, 1.82) is 0 Å². The smallest absolute Gasteiger partial charge is 0.339 e. The van der Waals surface area contributed by atoms with Crippen molar-refractivity contribution in [2.75, 3.05) is 27.0 Å². The van der Waals surface area contributed by atoms with Gasteiger partial charge in [-0.1, -0.05) is 12.1 Å². The Hall–Kier alpha value is -3.26. The van der Waals surface area contributed by atoms with Crippen LogP contribution in [0, 0.1) is 0 Å². The summed E-state index contributed by atoms with van der Waals surface area (Å²) in [5, 5.41) is 0. The molecule has 0 saturated carbocycles. The minimum atomic E-state index is -0.482. The molecule has 0 saturated heterocycles. The third-order valence-electron chi connectivity index (χ3n) is 4.20. The molecule has 0 fully saturated rings. The van der Waals surface area contributed by atoms with Crippen molar-refractivity contribution in [2.45, 2.75) is 11.5 Å². The fraction of sp³-hybridized carbons (Fsp3) is 0.227.